The van der Waals surface area contributed by atoms with E-state index < -0.39 is 6.04 Å². The van der Waals surface area contributed by atoms with E-state index in [1.165, 1.54) is 0 Å². The SMILES string of the molecule is NC(CO)c1ccccc1N1CC(=O)NC(=O)C1. The van der Waals surface area contributed by atoms with Gasteiger partial charge in [-0.3, -0.25) is 14.9 Å². The lowest BCUT2D eigenvalue weighted by molar-refractivity contribution is -0.130. The second-order valence-corrected chi connectivity index (χ2v) is 4.18. The minimum Gasteiger partial charge on any atom is -0.394 e. The Kier molecular flexibility index (Phi) is 3.59. The average Bonchev–Trinajstić information content (AvgIpc) is 2.36. The summed E-state index contributed by atoms with van der Waals surface area (Å²) in [6, 6.07) is 6.66. The molecule has 0 aliphatic carbocycles. The third kappa shape index (κ3) is 2.49. The molecule has 1 aliphatic rings. The highest BCUT2D eigenvalue weighted by molar-refractivity contribution is 6.02. The number of amides is 2. The number of nitrogens with one attached hydrogen (secondary N) is 1. The summed E-state index contributed by atoms with van der Waals surface area (Å²) < 4.78 is 0. The van der Waals surface area contributed by atoms with E-state index in [0.717, 1.165) is 5.56 Å². The predicted molar refractivity (Wildman–Crippen MR) is 65.8 cm³/mol. The Balaban J connectivity index is 2.32. The summed E-state index contributed by atoms with van der Waals surface area (Å²) in [5.74, 6) is -0.669. The summed E-state index contributed by atoms with van der Waals surface area (Å²) in [6.07, 6.45) is 0. The number of anilines is 1. The quantitative estimate of drug-likeness (QED) is 0.606. The Hall–Kier alpha value is -1.92. The van der Waals surface area contributed by atoms with E-state index in [0.29, 0.717) is 5.69 Å². The number of carbonyl (C=O) groups is 2. The van der Waals surface area contributed by atoms with E-state index in [2.05, 4.69) is 5.32 Å². The molecule has 0 spiro atoms. The fraction of sp³-hybridized carbons (Fsp3) is 0.333. The normalized spacial score (nSPS) is 17.6. The summed E-state index contributed by atoms with van der Waals surface area (Å²) in [7, 11) is 0. The fourth-order valence-corrected chi connectivity index (χ4v) is 1.99. The van der Waals surface area contributed by atoms with Gasteiger partial charge in [-0.05, 0) is 11.6 Å². The molecule has 6 heteroatoms. The Morgan fingerprint density at radius 1 is 1.28 bits per heavy atom. The molecule has 2 amide bonds. The van der Waals surface area contributed by atoms with E-state index in [9.17, 15) is 9.59 Å². The largest absolute Gasteiger partial charge is 0.394 e. The van der Waals surface area contributed by atoms with E-state index >= 15 is 0 Å². The Morgan fingerprint density at radius 2 is 1.89 bits per heavy atom. The van der Waals surface area contributed by atoms with Crippen LogP contribution in [0.4, 0.5) is 5.69 Å². The molecule has 1 aliphatic heterocycles. The first-order valence-corrected chi connectivity index (χ1v) is 5.65. The van der Waals surface area contributed by atoms with E-state index in [1.807, 2.05) is 0 Å². The molecule has 1 aromatic carbocycles. The first-order chi connectivity index (χ1) is 8.61. The zero-order chi connectivity index (χ0) is 13.1. The highest BCUT2D eigenvalue weighted by atomic mass is 16.3. The van der Waals surface area contributed by atoms with Crippen molar-refractivity contribution in [1.82, 2.24) is 5.32 Å². The third-order valence-corrected chi connectivity index (χ3v) is 2.82. The van der Waals surface area contributed by atoms with Gasteiger partial charge in [0.15, 0.2) is 0 Å². The van der Waals surface area contributed by atoms with Gasteiger partial charge in [0.05, 0.1) is 25.7 Å². The smallest absolute Gasteiger partial charge is 0.246 e. The van der Waals surface area contributed by atoms with Crippen LogP contribution in [0.5, 0.6) is 0 Å². The van der Waals surface area contributed by atoms with Crippen LogP contribution in [0, 0.1) is 0 Å². The highest BCUT2D eigenvalue weighted by Gasteiger charge is 2.25. The van der Waals surface area contributed by atoms with Crippen LogP contribution in [0.25, 0.3) is 0 Å². The minimum absolute atomic E-state index is 0.112. The van der Waals surface area contributed by atoms with Crippen molar-refractivity contribution in [3.8, 4) is 0 Å². The van der Waals surface area contributed by atoms with Gasteiger partial charge in [-0.15, -0.1) is 0 Å². The Bertz CT molecular complexity index is 459. The van der Waals surface area contributed by atoms with Gasteiger partial charge in [-0.2, -0.15) is 0 Å². The summed E-state index contributed by atoms with van der Waals surface area (Å²) in [5, 5.41) is 11.4. The molecule has 6 nitrogen and oxygen atoms in total. The molecular weight excluding hydrogens is 234 g/mol. The number of hydrogen-bond acceptors (Lipinski definition) is 5. The molecule has 1 aromatic rings. The summed E-state index contributed by atoms with van der Waals surface area (Å²) >= 11 is 0. The van der Waals surface area contributed by atoms with Crippen LogP contribution in [0.1, 0.15) is 11.6 Å². The van der Waals surface area contributed by atoms with Crippen molar-refractivity contribution < 1.29 is 14.7 Å². The van der Waals surface area contributed by atoms with Crippen molar-refractivity contribution in [2.45, 2.75) is 6.04 Å². The summed E-state index contributed by atoms with van der Waals surface area (Å²) in [6.45, 7) is 0.0345. The van der Waals surface area contributed by atoms with Gasteiger partial charge in [-0.1, -0.05) is 18.2 Å². The number of aliphatic hydroxyl groups excluding tert-OH is 1. The highest BCUT2D eigenvalue weighted by Crippen LogP contribution is 2.25. The van der Waals surface area contributed by atoms with Crippen LogP contribution < -0.4 is 16.0 Å². The lowest BCUT2D eigenvalue weighted by atomic mass is 10.0. The van der Waals surface area contributed by atoms with Gasteiger partial charge in [0, 0.05) is 5.69 Å². The number of hydrogen-bond donors (Lipinski definition) is 3. The van der Waals surface area contributed by atoms with Crippen molar-refractivity contribution in [3.63, 3.8) is 0 Å². The standard InChI is InChI=1S/C12H15N3O3/c13-9(7-16)8-3-1-2-4-10(8)15-5-11(17)14-12(18)6-15/h1-4,9,16H,5-7,13H2,(H,14,17,18). The first kappa shape index (κ1) is 12.5. The molecule has 1 atom stereocenters. The number of nitrogens with zero attached hydrogens (tertiary/aromatic N) is 1. The van der Waals surface area contributed by atoms with E-state index in [1.54, 1.807) is 29.2 Å². The molecule has 1 unspecified atom stereocenters. The predicted octanol–water partition coefficient (Wildman–Crippen LogP) is -0.859. The monoisotopic (exact) mass is 249 g/mol. The molecule has 0 radical (unpaired) electrons. The van der Waals surface area contributed by atoms with Crippen LogP contribution in [0.2, 0.25) is 0 Å². The molecule has 0 saturated carbocycles. The summed E-state index contributed by atoms with van der Waals surface area (Å²) in [4.78, 5) is 24.4. The number of benzene rings is 1. The van der Waals surface area contributed by atoms with E-state index in [-0.39, 0.29) is 31.5 Å². The molecule has 0 aromatic heterocycles. The molecule has 18 heavy (non-hydrogen) atoms. The van der Waals surface area contributed by atoms with Gasteiger partial charge in [0.2, 0.25) is 11.8 Å². The van der Waals surface area contributed by atoms with Gasteiger partial charge in [-0.25, -0.2) is 0 Å². The maximum atomic E-state index is 11.4. The van der Waals surface area contributed by atoms with Crippen molar-refractivity contribution in [2.24, 2.45) is 5.73 Å². The van der Waals surface area contributed by atoms with Gasteiger partial charge >= 0.3 is 0 Å². The van der Waals surface area contributed by atoms with Gasteiger partial charge in [0.25, 0.3) is 0 Å². The second-order valence-electron chi connectivity index (χ2n) is 4.18. The maximum Gasteiger partial charge on any atom is 0.246 e. The number of rotatable bonds is 3. The van der Waals surface area contributed by atoms with Crippen LogP contribution >= 0.6 is 0 Å². The number of aliphatic hydroxyl groups is 1. The number of para-hydroxylation sites is 1. The molecular formula is C12H15N3O3. The topological polar surface area (TPSA) is 95.7 Å². The molecule has 1 fully saturated rings. The van der Waals surface area contributed by atoms with Crippen LogP contribution in [0.15, 0.2) is 24.3 Å². The number of piperazine rings is 1. The number of nitrogens with two attached hydrogens (primary N) is 1. The van der Waals surface area contributed by atoms with Crippen molar-refractivity contribution in [1.29, 1.82) is 0 Å². The molecule has 0 bridgehead atoms. The van der Waals surface area contributed by atoms with E-state index in [4.69, 9.17) is 10.8 Å². The average molecular weight is 249 g/mol. The third-order valence-electron chi connectivity index (χ3n) is 2.82. The second kappa shape index (κ2) is 5.16. The Morgan fingerprint density at radius 3 is 2.50 bits per heavy atom. The first-order valence-electron chi connectivity index (χ1n) is 5.65. The maximum absolute atomic E-state index is 11.4. The molecule has 4 N–H and O–H groups in total. The van der Waals surface area contributed by atoms with Crippen LogP contribution in [0.3, 0.4) is 0 Å². The summed E-state index contributed by atoms with van der Waals surface area (Å²) in [5.41, 5.74) is 7.24. The molecule has 96 valence electrons. The molecule has 2 rings (SSSR count). The molecule has 1 saturated heterocycles. The number of imide groups is 1. The lowest BCUT2D eigenvalue weighted by Crippen LogP contribution is -2.51. The minimum atomic E-state index is -0.527. The Labute approximate surface area is 104 Å². The van der Waals surface area contributed by atoms with Crippen LogP contribution in [-0.4, -0.2) is 36.6 Å². The van der Waals surface area contributed by atoms with Crippen molar-refractivity contribution in [3.05, 3.63) is 29.8 Å². The lowest BCUT2D eigenvalue weighted by Gasteiger charge is -2.30. The van der Waals surface area contributed by atoms with Crippen molar-refractivity contribution >= 4 is 17.5 Å². The zero-order valence-corrected chi connectivity index (χ0v) is 9.80. The molecule has 1 heterocycles. The van der Waals surface area contributed by atoms with Crippen molar-refractivity contribution in [2.75, 3.05) is 24.6 Å². The van der Waals surface area contributed by atoms with Gasteiger partial charge < -0.3 is 15.7 Å². The fourth-order valence-electron chi connectivity index (χ4n) is 1.99. The van der Waals surface area contributed by atoms with Crippen LogP contribution in [-0.2, 0) is 9.59 Å². The zero-order valence-electron chi connectivity index (χ0n) is 9.80. The van der Waals surface area contributed by atoms with Gasteiger partial charge in [0.1, 0.15) is 0 Å². The number of carbonyl (C=O) groups excluding carboxylic acids is 2.